The molecule has 0 aliphatic heterocycles. The number of carbonyl (C=O) groups is 1. The van der Waals surface area contributed by atoms with E-state index >= 15 is 0 Å². The molecule has 0 spiro atoms. The van der Waals surface area contributed by atoms with Gasteiger partial charge < -0.3 is 10.4 Å². The summed E-state index contributed by atoms with van der Waals surface area (Å²) >= 11 is 0. The second-order valence-corrected chi connectivity index (χ2v) is 5.55. The van der Waals surface area contributed by atoms with Gasteiger partial charge in [0.05, 0.1) is 5.56 Å². The molecule has 21 heavy (non-hydrogen) atoms. The zero-order valence-electron chi connectivity index (χ0n) is 12.9. The maximum atomic E-state index is 11.0. The molecule has 3 heteroatoms. The van der Waals surface area contributed by atoms with Crippen LogP contribution in [0.1, 0.15) is 38.2 Å². The summed E-state index contributed by atoms with van der Waals surface area (Å²) in [4.78, 5) is 11.0. The lowest BCUT2D eigenvalue weighted by atomic mass is 10.0. The fourth-order valence-corrected chi connectivity index (χ4v) is 2.35. The first-order valence-corrected chi connectivity index (χ1v) is 7.03. The maximum Gasteiger partial charge on any atom is 0.335 e. The number of rotatable bonds is 4. The number of aryl methyl sites for hydroxylation is 4. The van der Waals surface area contributed by atoms with E-state index in [0.717, 1.165) is 11.3 Å². The molecule has 0 unspecified atom stereocenters. The van der Waals surface area contributed by atoms with Crippen LogP contribution in [0.15, 0.2) is 30.3 Å². The standard InChI is InChI=1S/C18H21NO2/c1-11-5-6-15(18(20)21)9-17(11)19-10-16-8-13(3)12(2)7-14(16)4/h5-9,19H,10H2,1-4H3,(H,20,21). The minimum Gasteiger partial charge on any atom is -0.478 e. The number of anilines is 1. The van der Waals surface area contributed by atoms with E-state index in [4.69, 9.17) is 5.11 Å². The zero-order valence-corrected chi connectivity index (χ0v) is 12.9. The average Bonchev–Trinajstić information content (AvgIpc) is 2.42. The van der Waals surface area contributed by atoms with Crippen LogP contribution in [0.3, 0.4) is 0 Å². The van der Waals surface area contributed by atoms with Crippen LogP contribution in [0.2, 0.25) is 0 Å². The van der Waals surface area contributed by atoms with Crippen molar-refractivity contribution in [1.29, 1.82) is 0 Å². The third-order valence-electron chi connectivity index (χ3n) is 3.91. The summed E-state index contributed by atoms with van der Waals surface area (Å²) in [5.74, 6) is -0.902. The first-order chi connectivity index (χ1) is 9.88. The molecule has 0 heterocycles. The Morgan fingerprint density at radius 1 is 0.952 bits per heavy atom. The highest BCUT2D eigenvalue weighted by Gasteiger charge is 2.07. The van der Waals surface area contributed by atoms with Crippen LogP contribution in [0.4, 0.5) is 5.69 Å². The molecule has 2 N–H and O–H groups in total. The van der Waals surface area contributed by atoms with Crippen LogP contribution in [0.25, 0.3) is 0 Å². The summed E-state index contributed by atoms with van der Waals surface area (Å²) in [5, 5.41) is 12.4. The topological polar surface area (TPSA) is 49.3 Å². The molecule has 0 aliphatic rings. The van der Waals surface area contributed by atoms with E-state index < -0.39 is 5.97 Å². The molecular weight excluding hydrogens is 262 g/mol. The Bertz CT molecular complexity index is 690. The summed E-state index contributed by atoms with van der Waals surface area (Å²) in [5.41, 5.74) is 7.26. The molecule has 0 fully saturated rings. The zero-order chi connectivity index (χ0) is 15.6. The smallest absolute Gasteiger partial charge is 0.335 e. The van der Waals surface area contributed by atoms with Gasteiger partial charge in [0.1, 0.15) is 0 Å². The van der Waals surface area contributed by atoms with E-state index in [1.165, 1.54) is 22.3 Å². The van der Waals surface area contributed by atoms with Gasteiger partial charge in [-0.25, -0.2) is 4.79 Å². The SMILES string of the molecule is Cc1cc(C)c(CNc2cc(C(=O)O)ccc2C)cc1C. The van der Waals surface area contributed by atoms with Crippen molar-refractivity contribution < 1.29 is 9.90 Å². The Balaban J connectivity index is 2.22. The Kier molecular flexibility index (Phi) is 4.32. The van der Waals surface area contributed by atoms with Crippen molar-refractivity contribution in [3.63, 3.8) is 0 Å². The Labute approximate surface area is 125 Å². The van der Waals surface area contributed by atoms with Crippen LogP contribution in [-0.4, -0.2) is 11.1 Å². The Morgan fingerprint density at radius 3 is 2.29 bits per heavy atom. The van der Waals surface area contributed by atoms with Crippen LogP contribution in [-0.2, 0) is 6.54 Å². The second-order valence-electron chi connectivity index (χ2n) is 5.55. The van der Waals surface area contributed by atoms with Gasteiger partial charge in [0.25, 0.3) is 0 Å². The molecule has 2 aromatic rings. The van der Waals surface area contributed by atoms with Crippen molar-refractivity contribution in [2.75, 3.05) is 5.32 Å². The van der Waals surface area contributed by atoms with Crippen molar-refractivity contribution in [3.05, 3.63) is 63.7 Å². The third kappa shape index (κ3) is 3.43. The quantitative estimate of drug-likeness (QED) is 0.882. The van der Waals surface area contributed by atoms with Crippen LogP contribution in [0, 0.1) is 27.7 Å². The summed E-state index contributed by atoms with van der Waals surface area (Å²) in [6.07, 6.45) is 0. The van der Waals surface area contributed by atoms with Crippen molar-refractivity contribution in [1.82, 2.24) is 0 Å². The third-order valence-corrected chi connectivity index (χ3v) is 3.91. The summed E-state index contributed by atoms with van der Waals surface area (Å²) < 4.78 is 0. The van der Waals surface area contributed by atoms with Gasteiger partial charge >= 0.3 is 5.97 Å². The molecule has 3 nitrogen and oxygen atoms in total. The number of hydrogen-bond donors (Lipinski definition) is 2. The highest BCUT2D eigenvalue weighted by Crippen LogP contribution is 2.20. The van der Waals surface area contributed by atoms with Crippen LogP contribution in [0.5, 0.6) is 0 Å². The average molecular weight is 283 g/mol. The van der Waals surface area contributed by atoms with E-state index in [1.54, 1.807) is 12.1 Å². The molecular formula is C18H21NO2. The molecule has 110 valence electrons. The van der Waals surface area contributed by atoms with Crippen LogP contribution >= 0.6 is 0 Å². The monoisotopic (exact) mass is 283 g/mol. The molecule has 2 aromatic carbocycles. The normalized spacial score (nSPS) is 10.5. The molecule has 0 aliphatic carbocycles. The van der Waals surface area contributed by atoms with Gasteiger partial charge in [-0.15, -0.1) is 0 Å². The number of aromatic carboxylic acids is 1. The summed E-state index contributed by atoms with van der Waals surface area (Å²) in [7, 11) is 0. The van der Waals surface area contributed by atoms with Crippen LogP contribution < -0.4 is 5.32 Å². The number of benzene rings is 2. The predicted octanol–water partition coefficient (Wildman–Crippen LogP) is 4.23. The van der Waals surface area contributed by atoms with Gasteiger partial charge in [0.2, 0.25) is 0 Å². The summed E-state index contributed by atoms with van der Waals surface area (Å²) in [6.45, 7) is 8.98. The van der Waals surface area contributed by atoms with Gasteiger partial charge in [-0.05, 0) is 67.6 Å². The molecule has 0 aromatic heterocycles. The number of carboxylic acid groups (broad SMARTS) is 1. The lowest BCUT2D eigenvalue weighted by Gasteiger charge is -2.14. The minimum atomic E-state index is -0.902. The van der Waals surface area contributed by atoms with Crippen molar-refractivity contribution in [2.24, 2.45) is 0 Å². The van der Waals surface area contributed by atoms with Gasteiger partial charge in [0.15, 0.2) is 0 Å². The molecule has 0 bridgehead atoms. The second kappa shape index (κ2) is 6.00. The first-order valence-electron chi connectivity index (χ1n) is 7.03. The number of carboxylic acids is 1. The highest BCUT2D eigenvalue weighted by molar-refractivity contribution is 5.89. The Hall–Kier alpha value is -2.29. The van der Waals surface area contributed by atoms with E-state index in [-0.39, 0.29) is 0 Å². The van der Waals surface area contributed by atoms with Crippen molar-refractivity contribution in [2.45, 2.75) is 34.2 Å². The van der Waals surface area contributed by atoms with Crippen molar-refractivity contribution in [3.8, 4) is 0 Å². The fraction of sp³-hybridized carbons (Fsp3) is 0.278. The van der Waals surface area contributed by atoms with Gasteiger partial charge in [-0.3, -0.25) is 0 Å². The van der Waals surface area contributed by atoms with Crippen molar-refractivity contribution >= 4 is 11.7 Å². The van der Waals surface area contributed by atoms with Gasteiger partial charge in [0, 0.05) is 12.2 Å². The van der Waals surface area contributed by atoms with Gasteiger partial charge in [-0.2, -0.15) is 0 Å². The lowest BCUT2D eigenvalue weighted by Crippen LogP contribution is -2.05. The number of nitrogens with one attached hydrogen (secondary N) is 1. The van der Waals surface area contributed by atoms with Gasteiger partial charge in [-0.1, -0.05) is 18.2 Å². The first kappa shape index (κ1) is 15.1. The predicted molar refractivity (Wildman–Crippen MR) is 86.1 cm³/mol. The highest BCUT2D eigenvalue weighted by atomic mass is 16.4. The number of hydrogen-bond acceptors (Lipinski definition) is 2. The molecule has 0 atom stereocenters. The minimum absolute atomic E-state index is 0.305. The van der Waals surface area contributed by atoms with E-state index in [2.05, 4.69) is 38.2 Å². The molecule has 0 amide bonds. The van der Waals surface area contributed by atoms with E-state index in [9.17, 15) is 4.79 Å². The maximum absolute atomic E-state index is 11.0. The van der Waals surface area contributed by atoms with E-state index in [0.29, 0.717) is 12.1 Å². The fourth-order valence-electron chi connectivity index (χ4n) is 2.35. The van der Waals surface area contributed by atoms with E-state index in [1.807, 2.05) is 13.0 Å². The molecule has 0 saturated carbocycles. The molecule has 0 radical (unpaired) electrons. The molecule has 0 saturated heterocycles. The summed E-state index contributed by atoms with van der Waals surface area (Å²) in [6, 6.07) is 9.53. The Morgan fingerprint density at radius 2 is 1.62 bits per heavy atom. The lowest BCUT2D eigenvalue weighted by molar-refractivity contribution is 0.0697. The largest absolute Gasteiger partial charge is 0.478 e. The molecule has 2 rings (SSSR count).